The van der Waals surface area contributed by atoms with Gasteiger partial charge in [-0.2, -0.15) is 0 Å². The minimum absolute atomic E-state index is 0.00426. The fraction of sp³-hybridized carbons (Fsp3) is 0.0833. The van der Waals surface area contributed by atoms with Crippen LogP contribution in [0.2, 0.25) is 0 Å². The van der Waals surface area contributed by atoms with Crippen LogP contribution < -0.4 is 5.73 Å². The predicted molar refractivity (Wildman–Crippen MR) is 67.9 cm³/mol. The van der Waals surface area contributed by atoms with Gasteiger partial charge in [0.1, 0.15) is 0 Å². The van der Waals surface area contributed by atoms with Crippen LogP contribution in [-0.4, -0.2) is 21.5 Å². The molecule has 1 heterocycles. The number of rotatable bonds is 2. The van der Waals surface area contributed by atoms with Crippen molar-refractivity contribution in [1.82, 2.24) is 0 Å². The largest absolute Gasteiger partial charge is 0.465 e. The van der Waals surface area contributed by atoms with Crippen LogP contribution in [0.3, 0.4) is 0 Å². The molecule has 1 aliphatic heterocycles. The van der Waals surface area contributed by atoms with Crippen molar-refractivity contribution >= 4 is 27.1 Å². The highest BCUT2D eigenvalue weighted by molar-refractivity contribution is 7.97. The van der Waals surface area contributed by atoms with Crippen LogP contribution in [0.15, 0.2) is 40.7 Å². The number of ether oxygens (including phenoxy) is 1. The molecule has 0 fully saturated rings. The van der Waals surface area contributed by atoms with Gasteiger partial charge in [-0.05, 0) is 6.07 Å². The van der Waals surface area contributed by atoms with Crippen molar-refractivity contribution in [2.24, 2.45) is 0 Å². The summed E-state index contributed by atoms with van der Waals surface area (Å²) in [5, 5.41) is 1.91. The lowest BCUT2D eigenvalue weighted by molar-refractivity contribution is -0.135. The number of esters is 1. The molecule has 2 N–H and O–H groups in total. The number of carbonyl (C=O) groups is 1. The molecule has 94 valence electrons. The van der Waals surface area contributed by atoms with E-state index in [1.54, 1.807) is 24.3 Å². The van der Waals surface area contributed by atoms with Gasteiger partial charge in [-0.3, -0.25) is 0 Å². The van der Waals surface area contributed by atoms with Gasteiger partial charge in [-0.25, -0.2) is 13.2 Å². The molecule has 1 aromatic rings. The van der Waals surface area contributed by atoms with Crippen molar-refractivity contribution in [2.45, 2.75) is 0 Å². The Balaban J connectivity index is 2.61. The molecule has 0 radical (unpaired) electrons. The number of sulfone groups is 1. The highest BCUT2D eigenvalue weighted by atomic mass is 32.2. The van der Waals surface area contributed by atoms with E-state index >= 15 is 0 Å². The van der Waals surface area contributed by atoms with Gasteiger partial charge in [0.15, 0.2) is 9.84 Å². The summed E-state index contributed by atoms with van der Waals surface area (Å²) < 4.78 is 27.7. The maximum atomic E-state index is 11.6. The van der Waals surface area contributed by atoms with Crippen molar-refractivity contribution < 1.29 is 17.9 Å². The van der Waals surface area contributed by atoms with Gasteiger partial charge in [0, 0.05) is 22.2 Å². The molecule has 1 aromatic carbocycles. The zero-order valence-electron chi connectivity index (χ0n) is 9.58. The number of carbonyl (C=O) groups excluding carboxylic acids is 1. The van der Waals surface area contributed by atoms with Gasteiger partial charge in [-0.1, -0.05) is 18.2 Å². The molecule has 0 bridgehead atoms. The van der Waals surface area contributed by atoms with E-state index in [2.05, 4.69) is 4.74 Å². The maximum absolute atomic E-state index is 11.6. The number of benzene rings is 1. The molecule has 2 rings (SSSR count). The first kappa shape index (κ1) is 12.4. The van der Waals surface area contributed by atoms with Crippen LogP contribution >= 0.6 is 0 Å². The fourth-order valence-corrected chi connectivity index (χ4v) is 2.91. The van der Waals surface area contributed by atoms with E-state index in [0.717, 1.165) is 10.8 Å². The number of para-hydroxylation sites is 1. The summed E-state index contributed by atoms with van der Waals surface area (Å²) in [6.45, 7) is 0. The summed E-state index contributed by atoms with van der Waals surface area (Å²) in [6, 6.07) is 6.73. The molecule has 0 aromatic heterocycles. The van der Waals surface area contributed by atoms with Crippen LogP contribution in [0.25, 0.3) is 5.57 Å². The summed E-state index contributed by atoms with van der Waals surface area (Å²) in [4.78, 5) is 11.6. The second-order valence-corrected chi connectivity index (χ2v) is 5.38. The first-order valence-corrected chi connectivity index (χ1v) is 6.67. The third-order valence-corrected chi connectivity index (χ3v) is 3.64. The van der Waals surface area contributed by atoms with Crippen LogP contribution in [-0.2, 0) is 19.4 Å². The lowest BCUT2D eigenvalue weighted by Crippen LogP contribution is -2.06. The Hall–Kier alpha value is -2.08. The SMILES string of the molecule is COC(=O)C1=CS(=O)(=O)C=C1c1ccccc1N. The van der Waals surface area contributed by atoms with E-state index in [0.29, 0.717) is 11.3 Å². The van der Waals surface area contributed by atoms with E-state index in [1.807, 2.05) is 0 Å². The van der Waals surface area contributed by atoms with E-state index < -0.39 is 15.8 Å². The Kier molecular flexibility index (Phi) is 2.96. The van der Waals surface area contributed by atoms with Gasteiger partial charge in [0.05, 0.1) is 18.1 Å². The average Bonchev–Trinajstić information content (AvgIpc) is 2.65. The summed E-state index contributed by atoms with van der Waals surface area (Å²) in [5.41, 5.74) is 6.93. The Labute approximate surface area is 104 Å². The number of hydrogen-bond acceptors (Lipinski definition) is 5. The van der Waals surface area contributed by atoms with Crippen LogP contribution in [0, 0.1) is 0 Å². The van der Waals surface area contributed by atoms with Crippen molar-refractivity contribution in [1.29, 1.82) is 0 Å². The van der Waals surface area contributed by atoms with E-state index in [1.165, 1.54) is 7.11 Å². The molecule has 0 saturated carbocycles. The first-order chi connectivity index (χ1) is 8.44. The molecular weight excluding hydrogens is 254 g/mol. The van der Waals surface area contributed by atoms with Crippen LogP contribution in [0.5, 0.6) is 0 Å². The quantitative estimate of drug-likeness (QED) is 0.639. The monoisotopic (exact) mass is 265 g/mol. The van der Waals surface area contributed by atoms with Gasteiger partial charge < -0.3 is 10.5 Å². The van der Waals surface area contributed by atoms with Crippen molar-refractivity contribution in [3.05, 3.63) is 46.2 Å². The highest BCUT2D eigenvalue weighted by Gasteiger charge is 2.28. The first-order valence-electron chi connectivity index (χ1n) is 5.06. The lowest BCUT2D eigenvalue weighted by atomic mass is 9.99. The predicted octanol–water partition coefficient (Wildman–Crippen LogP) is 1.09. The Morgan fingerprint density at radius 2 is 1.89 bits per heavy atom. The molecule has 1 aliphatic rings. The number of methoxy groups -OCH3 is 1. The smallest absolute Gasteiger partial charge is 0.339 e. The lowest BCUT2D eigenvalue weighted by Gasteiger charge is -2.08. The van der Waals surface area contributed by atoms with Crippen molar-refractivity contribution in [3.8, 4) is 0 Å². The average molecular weight is 265 g/mol. The molecule has 18 heavy (non-hydrogen) atoms. The zero-order chi connectivity index (χ0) is 13.3. The maximum Gasteiger partial charge on any atom is 0.339 e. The number of anilines is 1. The Morgan fingerprint density at radius 1 is 1.22 bits per heavy atom. The third-order valence-electron chi connectivity index (χ3n) is 2.51. The molecule has 0 unspecified atom stereocenters. The molecule has 0 atom stereocenters. The van der Waals surface area contributed by atoms with E-state index in [9.17, 15) is 13.2 Å². The minimum atomic E-state index is -3.55. The third kappa shape index (κ3) is 2.14. The summed E-state index contributed by atoms with van der Waals surface area (Å²) in [7, 11) is -2.35. The van der Waals surface area contributed by atoms with Gasteiger partial charge in [-0.15, -0.1) is 0 Å². The Bertz CT molecular complexity index is 671. The standard InChI is InChI=1S/C12H11NO4S/c1-17-12(14)10-7-18(15,16)6-9(10)8-4-2-3-5-11(8)13/h2-7H,13H2,1H3. The summed E-state index contributed by atoms with van der Waals surface area (Å²) in [6.07, 6.45) is 0. The van der Waals surface area contributed by atoms with Crippen LogP contribution in [0.4, 0.5) is 5.69 Å². The van der Waals surface area contributed by atoms with Gasteiger partial charge in [0.25, 0.3) is 0 Å². The second kappa shape index (κ2) is 4.30. The molecule has 0 aliphatic carbocycles. The van der Waals surface area contributed by atoms with Crippen LogP contribution in [0.1, 0.15) is 5.56 Å². The number of hydrogen-bond donors (Lipinski definition) is 1. The topological polar surface area (TPSA) is 86.5 Å². The minimum Gasteiger partial charge on any atom is -0.465 e. The van der Waals surface area contributed by atoms with Gasteiger partial charge >= 0.3 is 5.97 Å². The number of nitrogens with two attached hydrogens (primary N) is 1. The molecule has 0 spiro atoms. The molecule has 0 amide bonds. The molecule has 0 saturated heterocycles. The van der Waals surface area contributed by atoms with E-state index in [4.69, 9.17) is 5.73 Å². The Morgan fingerprint density at radius 3 is 2.50 bits per heavy atom. The number of nitrogen functional groups attached to an aromatic ring is 1. The van der Waals surface area contributed by atoms with E-state index in [-0.39, 0.29) is 11.1 Å². The van der Waals surface area contributed by atoms with Crippen molar-refractivity contribution in [2.75, 3.05) is 12.8 Å². The summed E-state index contributed by atoms with van der Waals surface area (Å²) >= 11 is 0. The highest BCUT2D eigenvalue weighted by Crippen LogP contribution is 2.34. The van der Waals surface area contributed by atoms with Gasteiger partial charge in [0.2, 0.25) is 0 Å². The van der Waals surface area contributed by atoms with Crippen molar-refractivity contribution in [3.63, 3.8) is 0 Å². The summed E-state index contributed by atoms with van der Waals surface area (Å²) in [5.74, 6) is -0.703. The normalized spacial score (nSPS) is 16.9. The fourth-order valence-electron chi connectivity index (χ4n) is 1.71. The zero-order valence-corrected chi connectivity index (χ0v) is 10.4. The molecule has 5 nitrogen and oxygen atoms in total. The molecular formula is C12H11NO4S. The molecule has 6 heteroatoms. The second-order valence-electron chi connectivity index (χ2n) is 3.73.